The fraction of sp³-hybridized carbons (Fsp3) is 0.250. The molecule has 0 atom stereocenters. The highest BCUT2D eigenvalue weighted by atomic mass is 79.9. The first kappa shape index (κ1) is 24.2. The molecule has 172 valence electrons. The van der Waals surface area contributed by atoms with Crippen LogP contribution in [0.2, 0.25) is 0 Å². The quantitative estimate of drug-likeness (QED) is 0.386. The van der Waals surface area contributed by atoms with Crippen LogP contribution in [0.5, 0.6) is 0 Å². The van der Waals surface area contributed by atoms with Gasteiger partial charge in [0, 0.05) is 26.0 Å². The molecule has 0 saturated carbocycles. The number of hydrogen-bond acceptors (Lipinski definition) is 5. The summed E-state index contributed by atoms with van der Waals surface area (Å²) in [6, 6.07) is 6.05. The Morgan fingerprint density at radius 1 is 1.12 bits per heavy atom. The van der Waals surface area contributed by atoms with Crippen LogP contribution < -0.4 is 4.31 Å². The standard InChI is InChI=1S/C20H19BrF3N3O4S/c1-30-9-8-26-11-15(21)20(25-26)14-4-3-5-17(19(14)24)27(12-31-2)32(28,29)18-10-13(22)6-7-16(18)23/h3-7,10-11H,8-9,12H2,1-2H3. The first-order valence-corrected chi connectivity index (χ1v) is 11.4. The SMILES string of the molecule is COCCn1cc(Br)c(-c2cccc(N(COC)S(=O)(=O)c3cc(F)ccc3F)c2F)n1. The summed E-state index contributed by atoms with van der Waals surface area (Å²) in [7, 11) is -1.98. The molecule has 0 N–H and O–H groups in total. The molecular formula is C20H19BrF3N3O4S. The fourth-order valence-electron chi connectivity index (χ4n) is 2.95. The number of nitrogens with zero attached hydrogens (tertiary/aromatic N) is 3. The van der Waals surface area contributed by atoms with Crippen LogP contribution in [0.15, 0.2) is 52.0 Å². The van der Waals surface area contributed by atoms with Gasteiger partial charge in [-0.15, -0.1) is 0 Å². The second-order valence-corrected chi connectivity index (χ2v) is 9.25. The summed E-state index contributed by atoms with van der Waals surface area (Å²) in [4.78, 5) is -0.940. The van der Waals surface area contributed by atoms with Gasteiger partial charge in [-0.25, -0.2) is 25.9 Å². The van der Waals surface area contributed by atoms with Crippen molar-refractivity contribution in [2.75, 3.05) is 31.9 Å². The summed E-state index contributed by atoms with van der Waals surface area (Å²) in [6.07, 6.45) is 1.63. The number of anilines is 1. The van der Waals surface area contributed by atoms with Gasteiger partial charge in [0.25, 0.3) is 10.0 Å². The first-order valence-electron chi connectivity index (χ1n) is 9.18. The highest BCUT2D eigenvalue weighted by molar-refractivity contribution is 9.10. The molecule has 0 aliphatic carbocycles. The van der Waals surface area contributed by atoms with Crippen molar-refractivity contribution in [3.05, 3.63) is 64.5 Å². The van der Waals surface area contributed by atoms with Gasteiger partial charge in [0.1, 0.15) is 29.0 Å². The first-order chi connectivity index (χ1) is 15.2. The zero-order valence-electron chi connectivity index (χ0n) is 17.1. The largest absolute Gasteiger partial charge is 0.383 e. The van der Waals surface area contributed by atoms with Gasteiger partial charge >= 0.3 is 0 Å². The highest BCUT2D eigenvalue weighted by Gasteiger charge is 2.31. The molecule has 0 spiro atoms. The lowest BCUT2D eigenvalue weighted by molar-refractivity contribution is 0.183. The maximum absolute atomic E-state index is 15.6. The lowest BCUT2D eigenvalue weighted by Crippen LogP contribution is -2.34. The van der Waals surface area contributed by atoms with Crippen LogP contribution in [0.25, 0.3) is 11.3 Å². The third kappa shape index (κ3) is 4.82. The number of rotatable bonds is 9. The molecular weight excluding hydrogens is 515 g/mol. The predicted molar refractivity (Wildman–Crippen MR) is 115 cm³/mol. The van der Waals surface area contributed by atoms with Crippen LogP contribution in [0.1, 0.15) is 0 Å². The Labute approximate surface area is 191 Å². The average molecular weight is 534 g/mol. The molecule has 0 bridgehead atoms. The Morgan fingerprint density at radius 3 is 2.56 bits per heavy atom. The molecule has 0 unspecified atom stereocenters. The zero-order valence-corrected chi connectivity index (χ0v) is 19.5. The van der Waals surface area contributed by atoms with Crippen LogP contribution in [-0.4, -0.2) is 45.8 Å². The summed E-state index contributed by atoms with van der Waals surface area (Å²) in [5, 5.41) is 4.31. The van der Waals surface area contributed by atoms with Crippen molar-refractivity contribution in [3.63, 3.8) is 0 Å². The summed E-state index contributed by atoms with van der Waals surface area (Å²) in [5.74, 6) is -3.06. The molecule has 1 aromatic heterocycles. The van der Waals surface area contributed by atoms with Crippen molar-refractivity contribution in [2.45, 2.75) is 11.4 Å². The van der Waals surface area contributed by atoms with Crippen LogP contribution >= 0.6 is 15.9 Å². The number of aromatic nitrogens is 2. The third-order valence-electron chi connectivity index (χ3n) is 4.45. The van der Waals surface area contributed by atoms with Crippen LogP contribution in [0.3, 0.4) is 0 Å². The number of halogens is 4. The molecule has 32 heavy (non-hydrogen) atoms. The van der Waals surface area contributed by atoms with Gasteiger partial charge in [-0.2, -0.15) is 5.10 Å². The lowest BCUT2D eigenvalue weighted by atomic mass is 10.1. The summed E-state index contributed by atoms with van der Waals surface area (Å²) in [5.41, 5.74) is -0.180. The van der Waals surface area contributed by atoms with Crippen LogP contribution in [-0.2, 0) is 26.0 Å². The maximum Gasteiger partial charge on any atom is 0.269 e. The Hall–Kier alpha value is -2.41. The zero-order chi connectivity index (χ0) is 23.5. The van der Waals surface area contributed by atoms with E-state index in [9.17, 15) is 17.2 Å². The fourth-order valence-corrected chi connectivity index (χ4v) is 4.94. The molecule has 0 fully saturated rings. The minimum atomic E-state index is -4.71. The molecule has 2 aromatic carbocycles. The number of hydrogen-bond donors (Lipinski definition) is 0. The molecule has 0 aliphatic rings. The molecule has 12 heteroatoms. The maximum atomic E-state index is 15.6. The van der Waals surface area contributed by atoms with Crippen LogP contribution in [0.4, 0.5) is 18.9 Å². The number of sulfonamides is 1. The van der Waals surface area contributed by atoms with E-state index in [2.05, 4.69) is 21.0 Å². The lowest BCUT2D eigenvalue weighted by Gasteiger charge is -2.24. The molecule has 3 aromatic rings. The van der Waals surface area contributed by atoms with Gasteiger partial charge in [-0.3, -0.25) is 4.68 Å². The molecule has 0 radical (unpaired) electrons. The van der Waals surface area contributed by atoms with E-state index in [1.807, 2.05) is 0 Å². The Kier molecular flexibility index (Phi) is 7.59. The Bertz CT molecular complexity index is 1220. The van der Waals surface area contributed by atoms with E-state index in [1.54, 1.807) is 10.9 Å². The van der Waals surface area contributed by atoms with Crippen molar-refractivity contribution in [1.82, 2.24) is 9.78 Å². The average Bonchev–Trinajstić information content (AvgIpc) is 3.12. The Morgan fingerprint density at radius 2 is 1.88 bits per heavy atom. The number of methoxy groups -OCH3 is 2. The second-order valence-electron chi connectivity index (χ2n) is 6.57. The van der Waals surface area contributed by atoms with Crippen molar-refractivity contribution >= 4 is 31.6 Å². The minimum Gasteiger partial charge on any atom is -0.383 e. The second kappa shape index (κ2) is 10.0. The molecule has 3 rings (SSSR count). The van der Waals surface area contributed by atoms with Gasteiger partial charge < -0.3 is 9.47 Å². The molecule has 0 amide bonds. The van der Waals surface area contributed by atoms with Gasteiger partial charge in [0.05, 0.1) is 23.3 Å². The monoisotopic (exact) mass is 533 g/mol. The van der Waals surface area contributed by atoms with E-state index in [1.165, 1.54) is 32.4 Å². The number of benzene rings is 2. The van der Waals surface area contributed by atoms with E-state index in [-0.39, 0.29) is 11.3 Å². The van der Waals surface area contributed by atoms with Gasteiger partial charge in [0.2, 0.25) is 0 Å². The Balaban J connectivity index is 2.11. The smallest absolute Gasteiger partial charge is 0.269 e. The van der Waals surface area contributed by atoms with E-state index in [0.717, 1.165) is 6.07 Å². The van der Waals surface area contributed by atoms with E-state index in [4.69, 9.17) is 9.47 Å². The molecule has 0 saturated heterocycles. The molecule has 7 nitrogen and oxygen atoms in total. The van der Waals surface area contributed by atoms with E-state index >= 15 is 4.39 Å². The normalized spacial score (nSPS) is 11.7. The summed E-state index contributed by atoms with van der Waals surface area (Å²) in [6.45, 7) is 0.163. The minimum absolute atomic E-state index is 0.00144. The van der Waals surface area contributed by atoms with Crippen LogP contribution in [0, 0.1) is 17.5 Å². The number of ether oxygens (including phenoxy) is 2. The van der Waals surface area contributed by atoms with Crippen molar-refractivity contribution < 1.29 is 31.1 Å². The third-order valence-corrected chi connectivity index (χ3v) is 6.78. The molecule has 1 heterocycles. The van der Waals surface area contributed by atoms with Gasteiger partial charge in [-0.1, -0.05) is 6.07 Å². The topological polar surface area (TPSA) is 73.7 Å². The van der Waals surface area contributed by atoms with E-state index < -0.39 is 44.8 Å². The molecule has 0 aliphatic heterocycles. The summed E-state index contributed by atoms with van der Waals surface area (Å²) >= 11 is 3.33. The highest BCUT2D eigenvalue weighted by Crippen LogP contribution is 2.35. The van der Waals surface area contributed by atoms with Crippen molar-refractivity contribution in [1.29, 1.82) is 0 Å². The van der Waals surface area contributed by atoms with Gasteiger partial charge in [0.15, 0.2) is 5.82 Å². The summed E-state index contributed by atoms with van der Waals surface area (Å²) < 4.78 is 82.2. The van der Waals surface area contributed by atoms with Gasteiger partial charge in [-0.05, 0) is 46.3 Å². The van der Waals surface area contributed by atoms with E-state index in [0.29, 0.717) is 34.1 Å². The van der Waals surface area contributed by atoms with Crippen molar-refractivity contribution in [2.24, 2.45) is 0 Å². The predicted octanol–water partition coefficient (Wildman–Crippen LogP) is 4.18. The van der Waals surface area contributed by atoms with Crippen molar-refractivity contribution in [3.8, 4) is 11.3 Å².